The summed E-state index contributed by atoms with van der Waals surface area (Å²) in [6, 6.07) is 10.9. The van der Waals surface area contributed by atoms with Crippen molar-refractivity contribution in [2.45, 2.75) is 17.4 Å². The number of sulfone groups is 1. The van der Waals surface area contributed by atoms with Gasteiger partial charge in [0.05, 0.1) is 27.6 Å². The number of ether oxygens (including phenoxy) is 1. The SMILES string of the molecule is CS(=O)(=O)c1ccc(Cl)c(NC(=O)CC2OC(=O)c3ccccc32)c1. The predicted octanol–water partition coefficient (Wildman–Crippen LogP) is 2.98. The number of amides is 1. The van der Waals surface area contributed by atoms with Gasteiger partial charge in [-0.25, -0.2) is 13.2 Å². The van der Waals surface area contributed by atoms with Crippen molar-refractivity contribution in [3.8, 4) is 0 Å². The summed E-state index contributed by atoms with van der Waals surface area (Å²) < 4.78 is 28.5. The first-order valence-electron chi connectivity index (χ1n) is 7.35. The van der Waals surface area contributed by atoms with E-state index in [0.29, 0.717) is 11.1 Å². The molecule has 1 unspecified atom stereocenters. The fourth-order valence-corrected chi connectivity index (χ4v) is 3.38. The lowest BCUT2D eigenvalue weighted by Crippen LogP contribution is -2.16. The molecule has 3 rings (SSSR count). The van der Waals surface area contributed by atoms with Crippen molar-refractivity contribution in [1.82, 2.24) is 0 Å². The fraction of sp³-hybridized carbons (Fsp3) is 0.176. The third-order valence-electron chi connectivity index (χ3n) is 3.79. The lowest BCUT2D eigenvalue weighted by Gasteiger charge is -2.12. The van der Waals surface area contributed by atoms with Crippen molar-refractivity contribution >= 4 is 39.0 Å². The van der Waals surface area contributed by atoms with Gasteiger partial charge in [-0.1, -0.05) is 29.8 Å². The second kappa shape index (κ2) is 6.50. The molecule has 0 aromatic heterocycles. The summed E-state index contributed by atoms with van der Waals surface area (Å²) in [7, 11) is -3.43. The Morgan fingerprint density at radius 1 is 1.24 bits per heavy atom. The molecule has 0 radical (unpaired) electrons. The van der Waals surface area contributed by atoms with Crippen LogP contribution < -0.4 is 5.32 Å². The molecule has 6 nitrogen and oxygen atoms in total. The van der Waals surface area contributed by atoms with Crippen LogP contribution >= 0.6 is 11.6 Å². The Morgan fingerprint density at radius 3 is 2.68 bits per heavy atom. The van der Waals surface area contributed by atoms with Gasteiger partial charge in [-0.15, -0.1) is 0 Å². The zero-order chi connectivity index (χ0) is 18.2. The van der Waals surface area contributed by atoms with Crippen LogP contribution in [0, 0.1) is 0 Å². The molecule has 1 N–H and O–H groups in total. The summed E-state index contributed by atoms with van der Waals surface area (Å²) in [6.07, 6.45) is 0.291. The summed E-state index contributed by atoms with van der Waals surface area (Å²) in [5, 5.41) is 2.78. The van der Waals surface area contributed by atoms with Crippen LogP contribution in [0.4, 0.5) is 5.69 Å². The predicted molar refractivity (Wildman–Crippen MR) is 92.4 cm³/mol. The number of esters is 1. The number of cyclic esters (lactones) is 1. The normalized spacial score (nSPS) is 16.2. The third kappa shape index (κ3) is 3.67. The van der Waals surface area contributed by atoms with E-state index in [1.807, 2.05) is 0 Å². The Morgan fingerprint density at radius 2 is 1.96 bits per heavy atom. The number of carbonyl (C=O) groups is 2. The van der Waals surface area contributed by atoms with Crippen molar-refractivity contribution in [1.29, 1.82) is 0 Å². The van der Waals surface area contributed by atoms with Gasteiger partial charge in [-0.05, 0) is 24.3 Å². The number of hydrogen-bond acceptors (Lipinski definition) is 5. The highest BCUT2D eigenvalue weighted by molar-refractivity contribution is 7.90. The average Bonchev–Trinajstić information content (AvgIpc) is 2.85. The Balaban J connectivity index is 1.77. The van der Waals surface area contributed by atoms with E-state index in [9.17, 15) is 18.0 Å². The molecule has 0 aliphatic carbocycles. The van der Waals surface area contributed by atoms with Gasteiger partial charge in [-0.2, -0.15) is 0 Å². The molecule has 0 saturated heterocycles. The smallest absolute Gasteiger partial charge is 0.339 e. The summed E-state index contributed by atoms with van der Waals surface area (Å²) in [6.45, 7) is 0. The Kier molecular flexibility index (Phi) is 4.53. The van der Waals surface area contributed by atoms with Crippen LogP contribution in [0.2, 0.25) is 5.02 Å². The number of fused-ring (bicyclic) bond motifs is 1. The van der Waals surface area contributed by atoms with E-state index >= 15 is 0 Å². The van der Waals surface area contributed by atoms with E-state index in [0.717, 1.165) is 6.26 Å². The fourth-order valence-electron chi connectivity index (χ4n) is 2.57. The topological polar surface area (TPSA) is 89.5 Å². The number of hydrogen-bond donors (Lipinski definition) is 1. The summed E-state index contributed by atoms with van der Waals surface area (Å²) >= 11 is 6.02. The number of benzene rings is 2. The average molecular weight is 380 g/mol. The number of nitrogens with one attached hydrogen (secondary N) is 1. The maximum atomic E-state index is 12.3. The molecule has 1 heterocycles. The van der Waals surface area contributed by atoms with Gasteiger partial charge < -0.3 is 10.1 Å². The first kappa shape index (κ1) is 17.4. The number of rotatable bonds is 4. The molecule has 25 heavy (non-hydrogen) atoms. The molecule has 1 aliphatic rings. The van der Waals surface area contributed by atoms with Gasteiger partial charge in [0.25, 0.3) is 0 Å². The summed E-state index contributed by atoms with van der Waals surface area (Å²) in [5.74, 6) is -0.910. The van der Waals surface area contributed by atoms with Crippen LogP contribution in [0.3, 0.4) is 0 Å². The second-order valence-corrected chi connectivity index (χ2v) is 8.07. The highest BCUT2D eigenvalue weighted by Crippen LogP contribution is 2.33. The van der Waals surface area contributed by atoms with Gasteiger partial charge in [-0.3, -0.25) is 4.79 Å². The molecule has 1 aliphatic heterocycles. The van der Waals surface area contributed by atoms with E-state index in [1.54, 1.807) is 24.3 Å². The van der Waals surface area contributed by atoms with Gasteiger partial charge >= 0.3 is 5.97 Å². The number of anilines is 1. The second-order valence-electron chi connectivity index (χ2n) is 5.65. The first-order valence-corrected chi connectivity index (χ1v) is 9.62. The molecule has 2 aromatic carbocycles. The lowest BCUT2D eigenvalue weighted by molar-refractivity contribution is -0.118. The molecule has 0 saturated carbocycles. The van der Waals surface area contributed by atoms with E-state index in [-0.39, 0.29) is 22.0 Å². The number of halogens is 1. The molecule has 1 atom stereocenters. The van der Waals surface area contributed by atoms with Crippen LogP contribution in [-0.4, -0.2) is 26.6 Å². The largest absolute Gasteiger partial charge is 0.453 e. The molecular formula is C17H14ClNO5S. The van der Waals surface area contributed by atoms with Crippen molar-refractivity contribution in [2.75, 3.05) is 11.6 Å². The molecule has 0 spiro atoms. The minimum atomic E-state index is -3.43. The van der Waals surface area contributed by atoms with E-state index in [2.05, 4.69) is 5.32 Å². The quantitative estimate of drug-likeness (QED) is 0.825. The Hall–Kier alpha value is -2.38. The van der Waals surface area contributed by atoms with Crippen molar-refractivity contribution < 1.29 is 22.7 Å². The van der Waals surface area contributed by atoms with E-state index in [4.69, 9.17) is 16.3 Å². The van der Waals surface area contributed by atoms with Crippen molar-refractivity contribution in [2.24, 2.45) is 0 Å². The van der Waals surface area contributed by atoms with E-state index < -0.39 is 27.8 Å². The minimum Gasteiger partial charge on any atom is -0.453 e. The molecule has 0 fully saturated rings. The first-order chi connectivity index (χ1) is 11.8. The van der Waals surface area contributed by atoms with Gasteiger partial charge in [0, 0.05) is 11.8 Å². The van der Waals surface area contributed by atoms with Crippen LogP contribution in [-0.2, 0) is 19.4 Å². The summed E-state index contributed by atoms with van der Waals surface area (Å²) in [4.78, 5) is 24.1. The van der Waals surface area contributed by atoms with Crippen LogP contribution in [0.1, 0.15) is 28.4 Å². The van der Waals surface area contributed by atoms with Gasteiger partial charge in [0.1, 0.15) is 6.10 Å². The standard InChI is InChI=1S/C17H14ClNO5S/c1-25(22,23)10-6-7-13(18)14(8-10)19-16(20)9-15-11-4-2-3-5-12(11)17(21)24-15/h2-8,15H,9H2,1H3,(H,19,20). The van der Waals surface area contributed by atoms with Crippen molar-refractivity contribution in [3.05, 3.63) is 58.6 Å². The van der Waals surface area contributed by atoms with Crippen LogP contribution in [0.25, 0.3) is 0 Å². The highest BCUT2D eigenvalue weighted by Gasteiger charge is 2.32. The Bertz CT molecular complexity index is 971. The monoisotopic (exact) mass is 379 g/mol. The molecule has 2 aromatic rings. The van der Waals surface area contributed by atoms with Crippen LogP contribution in [0.5, 0.6) is 0 Å². The van der Waals surface area contributed by atoms with Crippen LogP contribution in [0.15, 0.2) is 47.4 Å². The maximum Gasteiger partial charge on any atom is 0.339 e. The Labute approximate surface area is 149 Å². The zero-order valence-corrected chi connectivity index (χ0v) is 14.7. The third-order valence-corrected chi connectivity index (χ3v) is 5.23. The maximum absolute atomic E-state index is 12.3. The van der Waals surface area contributed by atoms with E-state index in [1.165, 1.54) is 18.2 Å². The molecule has 0 bridgehead atoms. The lowest BCUT2D eigenvalue weighted by atomic mass is 10.0. The van der Waals surface area contributed by atoms with Gasteiger partial charge in [0.15, 0.2) is 9.84 Å². The minimum absolute atomic E-state index is 0.0461. The highest BCUT2D eigenvalue weighted by atomic mass is 35.5. The molecular weight excluding hydrogens is 366 g/mol. The zero-order valence-electron chi connectivity index (χ0n) is 13.2. The molecule has 1 amide bonds. The molecule has 130 valence electrons. The number of carbonyl (C=O) groups excluding carboxylic acids is 2. The summed E-state index contributed by atoms with van der Waals surface area (Å²) in [5.41, 5.74) is 1.28. The molecule has 8 heteroatoms. The van der Waals surface area contributed by atoms with Crippen molar-refractivity contribution in [3.63, 3.8) is 0 Å². The van der Waals surface area contributed by atoms with Gasteiger partial charge in [0.2, 0.25) is 5.91 Å².